The summed E-state index contributed by atoms with van der Waals surface area (Å²) in [6.07, 6.45) is 0. The fourth-order valence-corrected chi connectivity index (χ4v) is 4.17. The molecule has 0 saturated carbocycles. The molecule has 8 heteroatoms. The number of rotatable bonds is 5. The van der Waals surface area contributed by atoms with Crippen molar-refractivity contribution in [2.45, 2.75) is 11.4 Å². The first-order valence-electron chi connectivity index (χ1n) is 5.31. The van der Waals surface area contributed by atoms with Crippen molar-refractivity contribution in [2.24, 2.45) is 5.84 Å². The number of benzene rings is 1. The van der Waals surface area contributed by atoms with Crippen molar-refractivity contribution in [1.29, 1.82) is 0 Å². The number of nitrogens with one attached hydrogen (secondary N) is 2. The molecule has 1 aromatic heterocycles. The van der Waals surface area contributed by atoms with Crippen molar-refractivity contribution in [3.63, 3.8) is 0 Å². The summed E-state index contributed by atoms with van der Waals surface area (Å²) in [6, 6.07) is 8.35. The number of anilines is 1. The number of nitrogens with two attached hydrogens (primary N) is 1. The summed E-state index contributed by atoms with van der Waals surface area (Å²) in [5.41, 5.74) is 2.74. The molecule has 0 saturated heterocycles. The van der Waals surface area contributed by atoms with Crippen LogP contribution in [0, 0.1) is 0 Å². The van der Waals surface area contributed by atoms with E-state index in [4.69, 9.17) is 5.84 Å². The van der Waals surface area contributed by atoms with E-state index in [-0.39, 0.29) is 11.4 Å². The zero-order chi connectivity index (χ0) is 13.9. The van der Waals surface area contributed by atoms with Crippen molar-refractivity contribution < 1.29 is 8.42 Å². The standard InChI is InChI=1S/C11H12BrN3O2S2/c12-8-5-9(18-7-8)6-14-19(16,17)11-4-2-1-3-10(11)15-13/h1-5,7,14-15H,6,13H2. The summed E-state index contributed by atoms with van der Waals surface area (Å²) < 4.78 is 27.8. The van der Waals surface area contributed by atoms with Crippen LogP contribution >= 0.6 is 27.3 Å². The maximum absolute atomic E-state index is 12.2. The summed E-state index contributed by atoms with van der Waals surface area (Å²) in [5.74, 6) is 5.31. The quantitative estimate of drug-likeness (QED) is 0.563. The Morgan fingerprint density at radius 3 is 2.68 bits per heavy atom. The van der Waals surface area contributed by atoms with Gasteiger partial charge in [-0.1, -0.05) is 12.1 Å². The first-order valence-corrected chi connectivity index (χ1v) is 8.47. The summed E-state index contributed by atoms with van der Waals surface area (Å²) in [6.45, 7) is 0.248. The van der Waals surface area contributed by atoms with Gasteiger partial charge in [0.25, 0.3) is 0 Å². The van der Waals surface area contributed by atoms with Gasteiger partial charge in [-0.05, 0) is 34.1 Å². The Morgan fingerprint density at radius 1 is 1.32 bits per heavy atom. The summed E-state index contributed by atoms with van der Waals surface area (Å²) in [4.78, 5) is 1.06. The van der Waals surface area contributed by atoms with Crippen LogP contribution in [0.3, 0.4) is 0 Å². The first kappa shape index (κ1) is 14.5. The van der Waals surface area contributed by atoms with Crippen LogP contribution in [0.15, 0.2) is 45.1 Å². The van der Waals surface area contributed by atoms with E-state index >= 15 is 0 Å². The number of hydrogen-bond donors (Lipinski definition) is 3. The van der Waals surface area contributed by atoms with Gasteiger partial charge in [-0.2, -0.15) is 0 Å². The second-order valence-electron chi connectivity index (χ2n) is 3.70. The third-order valence-electron chi connectivity index (χ3n) is 2.39. The molecule has 2 aromatic rings. The molecule has 102 valence electrons. The van der Waals surface area contributed by atoms with E-state index in [0.717, 1.165) is 9.35 Å². The molecule has 0 spiro atoms. The van der Waals surface area contributed by atoms with Crippen molar-refractivity contribution in [3.8, 4) is 0 Å². The molecule has 4 N–H and O–H groups in total. The molecule has 0 radical (unpaired) electrons. The van der Waals surface area contributed by atoms with Gasteiger partial charge in [-0.15, -0.1) is 11.3 Å². The van der Waals surface area contributed by atoms with Gasteiger partial charge in [-0.3, -0.25) is 5.84 Å². The molecule has 0 unspecified atom stereocenters. The van der Waals surface area contributed by atoms with E-state index in [9.17, 15) is 8.42 Å². The van der Waals surface area contributed by atoms with Gasteiger partial charge in [0.05, 0.1) is 5.69 Å². The molecule has 0 aliphatic carbocycles. The van der Waals surface area contributed by atoms with Gasteiger partial charge >= 0.3 is 0 Å². The zero-order valence-electron chi connectivity index (χ0n) is 9.76. The van der Waals surface area contributed by atoms with Crippen LogP contribution < -0.4 is 16.0 Å². The monoisotopic (exact) mass is 361 g/mol. The van der Waals surface area contributed by atoms with Crippen LogP contribution in [0.1, 0.15) is 4.88 Å². The fraction of sp³-hybridized carbons (Fsp3) is 0.0909. The number of thiophene rings is 1. The molecular formula is C11H12BrN3O2S2. The normalized spacial score (nSPS) is 11.5. The lowest BCUT2D eigenvalue weighted by molar-refractivity contribution is 0.582. The lowest BCUT2D eigenvalue weighted by Gasteiger charge is -2.10. The van der Waals surface area contributed by atoms with Crippen molar-refractivity contribution >= 4 is 43.0 Å². The molecule has 5 nitrogen and oxygen atoms in total. The Labute approximate surface area is 124 Å². The van der Waals surface area contributed by atoms with E-state index in [1.165, 1.54) is 17.4 Å². The molecule has 0 atom stereocenters. The van der Waals surface area contributed by atoms with Crippen molar-refractivity contribution in [1.82, 2.24) is 4.72 Å². The average molecular weight is 362 g/mol. The van der Waals surface area contributed by atoms with Crippen molar-refractivity contribution in [3.05, 3.63) is 45.1 Å². The van der Waals surface area contributed by atoms with E-state index in [1.54, 1.807) is 18.2 Å². The van der Waals surface area contributed by atoms with Gasteiger partial charge in [0.15, 0.2) is 0 Å². The number of nitrogen functional groups attached to an aromatic ring is 1. The molecule has 2 rings (SSSR count). The minimum atomic E-state index is -3.59. The highest BCUT2D eigenvalue weighted by molar-refractivity contribution is 9.10. The molecule has 1 heterocycles. The van der Waals surface area contributed by atoms with E-state index in [0.29, 0.717) is 5.69 Å². The van der Waals surface area contributed by atoms with Crippen LogP contribution in [-0.2, 0) is 16.6 Å². The molecule has 19 heavy (non-hydrogen) atoms. The molecule has 0 aliphatic heterocycles. The number of para-hydroxylation sites is 1. The largest absolute Gasteiger partial charge is 0.323 e. The lowest BCUT2D eigenvalue weighted by atomic mass is 10.3. The Bertz CT molecular complexity index is 670. The average Bonchev–Trinajstić information content (AvgIpc) is 2.82. The summed E-state index contributed by atoms with van der Waals surface area (Å²) in [5, 5.41) is 1.90. The SMILES string of the molecule is NNc1ccccc1S(=O)(=O)NCc1cc(Br)cs1. The van der Waals surface area contributed by atoms with Crippen molar-refractivity contribution in [2.75, 3.05) is 5.43 Å². The van der Waals surface area contributed by atoms with E-state index in [1.807, 2.05) is 11.4 Å². The van der Waals surface area contributed by atoms with Crippen LogP contribution in [0.5, 0.6) is 0 Å². The summed E-state index contributed by atoms with van der Waals surface area (Å²) >= 11 is 4.81. The lowest BCUT2D eigenvalue weighted by Crippen LogP contribution is -2.24. The minimum absolute atomic E-state index is 0.133. The van der Waals surface area contributed by atoms with Gasteiger partial charge in [0, 0.05) is 21.3 Å². The fourth-order valence-electron chi connectivity index (χ4n) is 1.51. The van der Waals surface area contributed by atoms with Gasteiger partial charge < -0.3 is 5.43 Å². The number of halogens is 1. The number of sulfonamides is 1. The molecule has 0 fully saturated rings. The Kier molecular flexibility index (Phi) is 4.58. The molecule has 0 amide bonds. The van der Waals surface area contributed by atoms with Crippen LogP contribution in [-0.4, -0.2) is 8.42 Å². The van der Waals surface area contributed by atoms with Gasteiger partial charge in [0.1, 0.15) is 4.90 Å². The molecule has 0 aliphatic rings. The zero-order valence-corrected chi connectivity index (χ0v) is 13.0. The van der Waals surface area contributed by atoms with Crippen LogP contribution in [0.2, 0.25) is 0 Å². The Morgan fingerprint density at radius 2 is 2.05 bits per heavy atom. The Balaban J connectivity index is 2.18. The van der Waals surface area contributed by atoms with E-state index < -0.39 is 10.0 Å². The molecular weight excluding hydrogens is 350 g/mol. The Hall–Kier alpha value is -0.930. The molecule has 0 bridgehead atoms. The maximum atomic E-state index is 12.2. The smallest absolute Gasteiger partial charge is 0.243 e. The topological polar surface area (TPSA) is 84.2 Å². The van der Waals surface area contributed by atoms with Gasteiger partial charge in [0.2, 0.25) is 10.0 Å². The predicted octanol–water partition coefficient (Wildman–Crippen LogP) is 2.27. The number of hydrazine groups is 1. The van der Waals surface area contributed by atoms with E-state index in [2.05, 4.69) is 26.1 Å². The second-order valence-corrected chi connectivity index (χ2v) is 7.34. The highest BCUT2D eigenvalue weighted by Crippen LogP contribution is 2.22. The maximum Gasteiger partial charge on any atom is 0.243 e. The third kappa shape index (κ3) is 3.54. The first-order chi connectivity index (χ1) is 9.03. The van der Waals surface area contributed by atoms with Gasteiger partial charge in [-0.25, -0.2) is 13.1 Å². The summed E-state index contributed by atoms with van der Waals surface area (Å²) in [7, 11) is -3.59. The van der Waals surface area contributed by atoms with Crippen LogP contribution in [0.25, 0.3) is 0 Å². The third-order valence-corrected chi connectivity index (χ3v) is 5.55. The van der Waals surface area contributed by atoms with Crippen LogP contribution in [0.4, 0.5) is 5.69 Å². The number of hydrogen-bond acceptors (Lipinski definition) is 5. The molecule has 1 aromatic carbocycles. The highest BCUT2D eigenvalue weighted by atomic mass is 79.9. The predicted molar refractivity (Wildman–Crippen MR) is 80.3 cm³/mol. The minimum Gasteiger partial charge on any atom is -0.323 e. The second kappa shape index (κ2) is 6.02. The highest BCUT2D eigenvalue weighted by Gasteiger charge is 2.17.